The summed E-state index contributed by atoms with van der Waals surface area (Å²) in [6, 6.07) is 5.19. The highest BCUT2D eigenvalue weighted by Crippen LogP contribution is 2.27. The summed E-state index contributed by atoms with van der Waals surface area (Å²) >= 11 is 12.0. The number of hydrogen-bond acceptors (Lipinski definition) is 2. The average molecular weight is 288 g/mol. The van der Waals surface area contributed by atoms with E-state index in [1.807, 2.05) is 0 Å². The molecule has 1 saturated carbocycles. The minimum Gasteiger partial charge on any atom is -0.393 e. The zero-order valence-corrected chi connectivity index (χ0v) is 11.3. The van der Waals surface area contributed by atoms with Gasteiger partial charge in [-0.25, -0.2) is 0 Å². The van der Waals surface area contributed by atoms with E-state index in [4.69, 9.17) is 28.3 Å². The number of carbonyl (C=O) groups excluding carboxylic acids is 1. The van der Waals surface area contributed by atoms with Crippen LogP contribution in [-0.2, 0) is 11.2 Å². The Morgan fingerprint density at radius 1 is 1.33 bits per heavy atom. The van der Waals surface area contributed by atoms with Gasteiger partial charge in [-0.2, -0.15) is 0 Å². The normalized spacial score (nSPS) is 22.4. The van der Waals surface area contributed by atoms with E-state index in [1.165, 1.54) is 0 Å². The maximum Gasteiger partial charge on any atom is 0.224 e. The minimum absolute atomic E-state index is 0.0913. The van der Waals surface area contributed by atoms with Gasteiger partial charge in [0, 0.05) is 16.6 Å². The monoisotopic (exact) mass is 287 g/mol. The van der Waals surface area contributed by atoms with E-state index < -0.39 is 0 Å². The van der Waals surface area contributed by atoms with E-state index in [0.29, 0.717) is 28.1 Å². The summed E-state index contributed by atoms with van der Waals surface area (Å²) in [7, 11) is 0. The van der Waals surface area contributed by atoms with Crippen LogP contribution in [0.15, 0.2) is 18.2 Å². The van der Waals surface area contributed by atoms with E-state index in [1.54, 1.807) is 18.2 Å². The Morgan fingerprint density at radius 3 is 2.50 bits per heavy atom. The second kappa shape index (κ2) is 5.91. The second-order valence-electron chi connectivity index (χ2n) is 4.67. The van der Waals surface area contributed by atoms with Crippen molar-refractivity contribution in [3.05, 3.63) is 33.8 Å². The number of amides is 1. The molecule has 0 aromatic heterocycles. The topological polar surface area (TPSA) is 49.3 Å². The molecule has 0 spiro atoms. The Balaban J connectivity index is 1.83. The molecule has 1 amide bonds. The number of nitrogens with one attached hydrogen (secondary N) is 1. The number of aliphatic hydroxyl groups excluding tert-OH is 1. The number of halogens is 2. The predicted octanol–water partition coefficient (Wildman–Crippen LogP) is 2.42. The Hall–Kier alpha value is -0.770. The quantitative estimate of drug-likeness (QED) is 0.894. The fraction of sp³-hybridized carbons (Fsp3) is 0.462. The van der Waals surface area contributed by atoms with Crippen LogP contribution < -0.4 is 5.32 Å². The highest BCUT2D eigenvalue weighted by molar-refractivity contribution is 6.36. The Bertz CT molecular complexity index is 424. The molecule has 0 aliphatic heterocycles. The van der Waals surface area contributed by atoms with Crippen molar-refractivity contribution in [1.29, 1.82) is 0 Å². The lowest BCUT2D eigenvalue weighted by atomic mass is 9.82. The highest BCUT2D eigenvalue weighted by Gasteiger charge is 2.27. The lowest BCUT2D eigenvalue weighted by Gasteiger charge is -2.31. The number of hydrogen-bond donors (Lipinski definition) is 2. The van der Waals surface area contributed by atoms with E-state index in [0.717, 1.165) is 12.8 Å². The SMILES string of the molecule is O=C(Cc1c(Cl)cccc1Cl)NCC1CC(O)C1. The third-order valence-electron chi connectivity index (χ3n) is 3.20. The molecule has 2 N–H and O–H groups in total. The first-order valence-electron chi connectivity index (χ1n) is 5.94. The lowest BCUT2D eigenvalue weighted by Crippen LogP contribution is -2.38. The third kappa shape index (κ3) is 3.37. The minimum atomic E-state index is -0.190. The number of carbonyl (C=O) groups is 1. The van der Waals surface area contributed by atoms with Gasteiger partial charge in [0.2, 0.25) is 5.91 Å². The molecule has 0 unspecified atom stereocenters. The standard InChI is InChI=1S/C13H15Cl2NO2/c14-11-2-1-3-12(15)10(11)6-13(18)16-7-8-4-9(17)5-8/h1-3,8-9,17H,4-7H2,(H,16,18). The van der Waals surface area contributed by atoms with Crippen molar-refractivity contribution in [2.75, 3.05) is 6.54 Å². The zero-order valence-electron chi connectivity index (χ0n) is 9.83. The van der Waals surface area contributed by atoms with Crippen molar-refractivity contribution >= 4 is 29.1 Å². The summed E-state index contributed by atoms with van der Waals surface area (Å²) in [5.41, 5.74) is 0.659. The highest BCUT2D eigenvalue weighted by atomic mass is 35.5. The van der Waals surface area contributed by atoms with Gasteiger partial charge in [0.15, 0.2) is 0 Å². The van der Waals surface area contributed by atoms with Gasteiger partial charge in [-0.15, -0.1) is 0 Å². The molecule has 1 aromatic carbocycles. The van der Waals surface area contributed by atoms with E-state index in [9.17, 15) is 4.79 Å². The van der Waals surface area contributed by atoms with Crippen LogP contribution in [0.1, 0.15) is 18.4 Å². The van der Waals surface area contributed by atoms with Gasteiger partial charge in [-0.3, -0.25) is 4.79 Å². The van der Waals surface area contributed by atoms with Crippen LogP contribution >= 0.6 is 23.2 Å². The first-order valence-corrected chi connectivity index (χ1v) is 6.69. The number of aliphatic hydroxyl groups is 1. The first kappa shape index (κ1) is 13.7. The second-order valence-corrected chi connectivity index (χ2v) is 5.49. The summed E-state index contributed by atoms with van der Waals surface area (Å²) < 4.78 is 0. The van der Waals surface area contributed by atoms with Gasteiger partial charge in [0.05, 0.1) is 12.5 Å². The van der Waals surface area contributed by atoms with Crippen molar-refractivity contribution in [3.8, 4) is 0 Å². The lowest BCUT2D eigenvalue weighted by molar-refractivity contribution is -0.121. The first-order chi connectivity index (χ1) is 8.56. The van der Waals surface area contributed by atoms with Crippen molar-refractivity contribution in [2.24, 2.45) is 5.92 Å². The molecule has 2 rings (SSSR count). The predicted molar refractivity (Wildman–Crippen MR) is 71.9 cm³/mol. The Labute approximate surface area is 116 Å². The molecular formula is C13H15Cl2NO2. The molecular weight excluding hydrogens is 273 g/mol. The largest absolute Gasteiger partial charge is 0.393 e. The molecule has 18 heavy (non-hydrogen) atoms. The average Bonchev–Trinajstić information content (AvgIpc) is 2.28. The Morgan fingerprint density at radius 2 is 1.94 bits per heavy atom. The maximum atomic E-state index is 11.8. The number of benzene rings is 1. The van der Waals surface area contributed by atoms with Gasteiger partial charge in [-0.05, 0) is 36.5 Å². The van der Waals surface area contributed by atoms with Crippen molar-refractivity contribution < 1.29 is 9.90 Å². The molecule has 3 nitrogen and oxygen atoms in total. The third-order valence-corrected chi connectivity index (χ3v) is 3.91. The molecule has 0 bridgehead atoms. The fourth-order valence-electron chi connectivity index (χ4n) is 2.05. The maximum absolute atomic E-state index is 11.8. The van der Waals surface area contributed by atoms with Crippen molar-refractivity contribution in [3.63, 3.8) is 0 Å². The molecule has 0 heterocycles. The van der Waals surface area contributed by atoms with Crippen LogP contribution in [0.4, 0.5) is 0 Å². The molecule has 0 radical (unpaired) electrons. The molecule has 1 aromatic rings. The summed E-state index contributed by atoms with van der Waals surface area (Å²) in [5, 5.41) is 13.0. The molecule has 0 saturated heterocycles. The van der Waals surface area contributed by atoms with Crippen LogP contribution in [0.2, 0.25) is 10.0 Å². The van der Waals surface area contributed by atoms with Crippen LogP contribution in [0.3, 0.4) is 0 Å². The van der Waals surface area contributed by atoms with Gasteiger partial charge in [-0.1, -0.05) is 29.3 Å². The van der Waals surface area contributed by atoms with Crippen LogP contribution in [-0.4, -0.2) is 23.7 Å². The van der Waals surface area contributed by atoms with Gasteiger partial charge >= 0.3 is 0 Å². The van der Waals surface area contributed by atoms with Gasteiger partial charge in [0.25, 0.3) is 0 Å². The summed E-state index contributed by atoms with van der Waals surface area (Å²) in [6.45, 7) is 0.609. The van der Waals surface area contributed by atoms with Crippen LogP contribution in [0.5, 0.6) is 0 Å². The van der Waals surface area contributed by atoms with Gasteiger partial charge < -0.3 is 10.4 Å². The molecule has 1 aliphatic rings. The van der Waals surface area contributed by atoms with E-state index in [-0.39, 0.29) is 18.4 Å². The van der Waals surface area contributed by atoms with E-state index >= 15 is 0 Å². The fourth-order valence-corrected chi connectivity index (χ4v) is 2.58. The van der Waals surface area contributed by atoms with Crippen LogP contribution in [0.25, 0.3) is 0 Å². The molecule has 5 heteroatoms. The molecule has 1 aliphatic carbocycles. The molecule has 98 valence electrons. The Kier molecular flexibility index (Phi) is 4.49. The van der Waals surface area contributed by atoms with Crippen LogP contribution in [0, 0.1) is 5.92 Å². The van der Waals surface area contributed by atoms with E-state index in [2.05, 4.69) is 5.32 Å². The number of rotatable bonds is 4. The van der Waals surface area contributed by atoms with Gasteiger partial charge in [0.1, 0.15) is 0 Å². The summed E-state index contributed by atoms with van der Waals surface area (Å²) in [6.07, 6.45) is 1.54. The summed E-state index contributed by atoms with van der Waals surface area (Å²) in [5.74, 6) is 0.303. The summed E-state index contributed by atoms with van der Waals surface area (Å²) in [4.78, 5) is 11.8. The van der Waals surface area contributed by atoms with Crippen molar-refractivity contribution in [2.45, 2.75) is 25.4 Å². The molecule has 0 atom stereocenters. The van der Waals surface area contributed by atoms with Crippen molar-refractivity contribution in [1.82, 2.24) is 5.32 Å². The smallest absolute Gasteiger partial charge is 0.224 e. The zero-order chi connectivity index (χ0) is 13.1. The molecule has 1 fully saturated rings.